The molecule has 17 aromatic rings. The van der Waals surface area contributed by atoms with E-state index in [9.17, 15) is 10.0 Å². The Morgan fingerprint density at radius 3 is 0.785 bits per heavy atom. The lowest BCUT2D eigenvalue weighted by Gasteiger charge is -2.09. The molecule has 6 heterocycles. The summed E-state index contributed by atoms with van der Waals surface area (Å²) in [5.74, 6) is 0. The topological polar surface area (TPSA) is 119 Å². The van der Waals surface area contributed by atoms with Gasteiger partial charge >= 0.3 is 7.12 Å². The summed E-state index contributed by atoms with van der Waals surface area (Å²) in [5.41, 5.74) is 13.1. The molecule has 2 N–H and O–H groups in total. The molecule has 0 fully saturated rings. The van der Waals surface area contributed by atoms with Crippen molar-refractivity contribution in [3.05, 3.63) is 221 Å². The highest BCUT2D eigenvalue weighted by atomic mass is 79.9. The Balaban J connectivity index is 0.000000149. The number of benzene rings is 11. The van der Waals surface area contributed by atoms with Gasteiger partial charge < -0.3 is 36.6 Å². The Morgan fingerprint density at radius 2 is 0.519 bits per heavy atom. The molecule has 0 saturated carbocycles. The van der Waals surface area contributed by atoms with E-state index in [1.165, 1.54) is 0 Å². The molecular formula is C68H45BBr2O8. The van der Waals surface area contributed by atoms with E-state index in [1.54, 1.807) is 0 Å². The van der Waals surface area contributed by atoms with E-state index in [0.29, 0.717) is 22.3 Å². The zero-order valence-electron chi connectivity index (χ0n) is 40.4. The number of para-hydroxylation sites is 6. The van der Waals surface area contributed by atoms with Crippen LogP contribution in [0.1, 0.15) is 14.9 Å². The molecule has 382 valence electrons. The molecule has 0 spiro atoms. The van der Waals surface area contributed by atoms with Crippen LogP contribution in [0, 0.1) is 0 Å². The van der Waals surface area contributed by atoms with E-state index in [0.717, 1.165) is 140 Å². The molecule has 11 aromatic carbocycles. The van der Waals surface area contributed by atoms with Crippen LogP contribution in [0.5, 0.6) is 0 Å². The number of hydrogen-bond donors (Lipinski definition) is 2. The predicted octanol–water partition coefficient (Wildman–Crippen LogP) is 20.3. The molecule has 0 aliphatic heterocycles. The Kier molecular flexibility index (Phi) is 12.3. The maximum atomic E-state index is 9.91. The van der Waals surface area contributed by atoms with E-state index >= 15 is 0 Å². The third-order valence-corrected chi connectivity index (χ3v) is 15.5. The molecule has 0 radical (unpaired) electrons. The molecule has 0 bridgehead atoms. The predicted molar refractivity (Wildman–Crippen MR) is 333 cm³/mol. The molecule has 0 aliphatic carbocycles. The van der Waals surface area contributed by atoms with Crippen LogP contribution < -0.4 is 5.46 Å². The van der Waals surface area contributed by atoms with Gasteiger partial charge in [0, 0.05) is 73.6 Å². The molecule has 11 heteroatoms. The standard InChI is InChI=1S/C42H22O4.C18H11BO4.C6H4Br2.2CH4/c1-5-16-33-25(12-1)29-21-30-26-13-2-6-17-34(26)44-40(30)37(39(29)43-33)23-10-9-11-24(20-23)38-41-31(27-14-3-7-18-35(27)45-41)22-32-28-15-4-8-19-36(28)46-42(32)38;20-19(21)16-17-12(10-5-1-3-7-14(10)22-17)9-13-11-6-2-4-8-15(11)23-18(13)16;7-5-2-1-3-6(8)4-5;;/h1-22H;1-9,20-21H;1-4H;2*1H4. The number of rotatable bonds is 3. The number of hydrogen-bond acceptors (Lipinski definition) is 8. The van der Waals surface area contributed by atoms with Gasteiger partial charge in [0.1, 0.15) is 67.0 Å². The van der Waals surface area contributed by atoms with Crippen LogP contribution >= 0.6 is 31.9 Å². The van der Waals surface area contributed by atoms with Gasteiger partial charge in [-0.05, 0) is 90.0 Å². The van der Waals surface area contributed by atoms with Crippen LogP contribution in [0.4, 0.5) is 0 Å². The van der Waals surface area contributed by atoms with Crippen molar-refractivity contribution < 1.29 is 36.6 Å². The van der Waals surface area contributed by atoms with Gasteiger partial charge in [-0.25, -0.2) is 0 Å². The van der Waals surface area contributed by atoms with Crippen LogP contribution in [0.15, 0.2) is 248 Å². The van der Waals surface area contributed by atoms with Crippen LogP contribution in [0.3, 0.4) is 0 Å². The van der Waals surface area contributed by atoms with Crippen LogP contribution in [-0.4, -0.2) is 17.2 Å². The lowest BCUT2D eigenvalue weighted by molar-refractivity contribution is 0.425. The first kappa shape index (κ1) is 49.7. The van der Waals surface area contributed by atoms with Crippen molar-refractivity contribution in [1.82, 2.24) is 0 Å². The summed E-state index contributed by atoms with van der Waals surface area (Å²) in [5, 5.41) is 32.0. The summed E-state index contributed by atoms with van der Waals surface area (Å²) in [6.07, 6.45) is 0. The van der Waals surface area contributed by atoms with Gasteiger partial charge in [0.25, 0.3) is 0 Å². The van der Waals surface area contributed by atoms with Gasteiger partial charge in [-0.3, -0.25) is 0 Å². The summed E-state index contributed by atoms with van der Waals surface area (Å²) in [6, 6.07) is 71.1. The fourth-order valence-electron chi connectivity index (χ4n) is 11.2. The number of halogens is 2. The van der Waals surface area contributed by atoms with E-state index in [1.807, 2.05) is 127 Å². The number of fused-ring (bicyclic) bond motifs is 18. The Hall–Kier alpha value is -8.84. The summed E-state index contributed by atoms with van der Waals surface area (Å²) in [6.45, 7) is 0. The first-order chi connectivity index (χ1) is 37.8. The van der Waals surface area contributed by atoms with Crippen molar-refractivity contribution in [3.63, 3.8) is 0 Å². The fraction of sp³-hybridized carbons (Fsp3) is 0.0294. The molecule has 0 amide bonds. The summed E-state index contributed by atoms with van der Waals surface area (Å²) in [4.78, 5) is 0. The second-order valence-electron chi connectivity index (χ2n) is 19.0. The average molecular weight is 1160 g/mol. The second-order valence-corrected chi connectivity index (χ2v) is 20.9. The van der Waals surface area contributed by atoms with Crippen molar-refractivity contribution in [2.45, 2.75) is 14.9 Å². The summed E-state index contributed by atoms with van der Waals surface area (Å²) >= 11 is 6.66. The third-order valence-electron chi connectivity index (χ3n) is 14.6. The van der Waals surface area contributed by atoms with Crippen molar-refractivity contribution >= 4 is 176 Å². The molecule has 0 aliphatic rings. The Bertz CT molecular complexity index is 4720. The number of furan rings is 6. The maximum Gasteiger partial charge on any atom is 0.496 e. The minimum absolute atomic E-state index is 0. The van der Waals surface area contributed by atoms with Crippen LogP contribution in [-0.2, 0) is 0 Å². The zero-order valence-corrected chi connectivity index (χ0v) is 43.6. The minimum Gasteiger partial charge on any atom is -0.456 e. The summed E-state index contributed by atoms with van der Waals surface area (Å²) < 4.78 is 40.4. The highest BCUT2D eigenvalue weighted by Gasteiger charge is 2.28. The van der Waals surface area contributed by atoms with Gasteiger partial charge in [-0.1, -0.05) is 180 Å². The summed E-state index contributed by atoms with van der Waals surface area (Å²) in [7, 11) is -1.68. The first-order valence-electron chi connectivity index (χ1n) is 25.0. The molecule has 79 heavy (non-hydrogen) atoms. The molecule has 8 nitrogen and oxygen atoms in total. The fourth-order valence-corrected chi connectivity index (χ4v) is 12.3. The quantitative estimate of drug-likeness (QED) is 0.168. The van der Waals surface area contributed by atoms with Gasteiger partial charge in [0.05, 0.1) is 16.6 Å². The van der Waals surface area contributed by atoms with Gasteiger partial charge in [0.2, 0.25) is 0 Å². The minimum atomic E-state index is -1.68. The SMILES string of the molecule is Brc1cccc(Br)c1.C.C.OB(O)c1c2oc3ccccc3c2cc2c1oc1ccccc12.c1cc(-c2c3oc4ccccc4c3cc3c2oc2ccccc23)cc(-c2c3oc4ccccc4c3cc3c2oc2ccccc23)c1. The smallest absolute Gasteiger partial charge is 0.456 e. The van der Waals surface area contributed by atoms with E-state index in [2.05, 4.69) is 117 Å². The van der Waals surface area contributed by atoms with Crippen LogP contribution in [0.25, 0.3) is 154 Å². The third kappa shape index (κ3) is 8.03. The molecule has 17 rings (SSSR count). The Morgan fingerprint density at radius 1 is 0.266 bits per heavy atom. The van der Waals surface area contributed by atoms with E-state index in [-0.39, 0.29) is 20.3 Å². The van der Waals surface area contributed by atoms with Crippen molar-refractivity contribution in [2.75, 3.05) is 0 Å². The first-order valence-corrected chi connectivity index (χ1v) is 26.6. The average Bonchev–Trinajstić information content (AvgIpc) is 4.23. The largest absolute Gasteiger partial charge is 0.496 e. The van der Waals surface area contributed by atoms with Crippen molar-refractivity contribution in [3.8, 4) is 22.3 Å². The molecule has 6 aromatic heterocycles. The van der Waals surface area contributed by atoms with Crippen molar-refractivity contribution in [2.24, 2.45) is 0 Å². The van der Waals surface area contributed by atoms with Gasteiger partial charge in [0.15, 0.2) is 0 Å². The maximum absolute atomic E-state index is 9.91. The van der Waals surface area contributed by atoms with Gasteiger partial charge in [-0.2, -0.15) is 0 Å². The monoisotopic (exact) mass is 1160 g/mol. The Labute approximate surface area is 468 Å². The van der Waals surface area contributed by atoms with Gasteiger partial charge in [-0.15, -0.1) is 0 Å². The van der Waals surface area contributed by atoms with E-state index in [4.69, 9.17) is 26.5 Å². The molecule has 0 saturated heterocycles. The highest BCUT2D eigenvalue weighted by molar-refractivity contribution is 9.11. The van der Waals surface area contributed by atoms with E-state index < -0.39 is 7.12 Å². The lowest BCUT2D eigenvalue weighted by Crippen LogP contribution is -2.30. The lowest BCUT2D eigenvalue weighted by atomic mass is 9.78. The molecule has 0 unspecified atom stereocenters. The zero-order chi connectivity index (χ0) is 51.5. The van der Waals surface area contributed by atoms with Crippen LogP contribution in [0.2, 0.25) is 0 Å². The molecular weight excluding hydrogens is 1120 g/mol. The normalized spacial score (nSPS) is 11.6. The second kappa shape index (κ2) is 19.6. The molecule has 0 atom stereocenters. The highest BCUT2D eigenvalue weighted by Crippen LogP contribution is 2.48. The van der Waals surface area contributed by atoms with Crippen molar-refractivity contribution in [1.29, 1.82) is 0 Å².